The summed E-state index contributed by atoms with van der Waals surface area (Å²) in [5.74, 6) is 0. The van der Waals surface area contributed by atoms with Crippen molar-refractivity contribution >= 4 is 12.2 Å². The van der Waals surface area contributed by atoms with Gasteiger partial charge in [0.25, 0.3) is 0 Å². The molecular formula is C14H20N2O. The lowest BCUT2D eigenvalue weighted by Crippen LogP contribution is -2.24. The summed E-state index contributed by atoms with van der Waals surface area (Å²) < 4.78 is 3.61. The van der Waals surface area contributed by atoms with Crippen molar-refractivity contribution < 1.29 is 0 Å². The van der Waals surface area contributed by atoms with Crippen molar-refractivity contribution in [3.63, 3.8) is 0 Å². The number of allylic oxidation sites excluding steroid dienone is 2. The lowest BCUT2D eigenvalue weighted by Gasteiger charge is -2.07. The zero-order chi connectivity index (χ0) is 12.6. The van der Waals surface area contributed by atoms with Crippen molar-refractivity contribution in [1.82, 2.24) is 9.13 Å². The molecule has 0 atom stereocenters. The maximum atomic E-state index is 12.2. The molecule has 3 nitrogen and oxygen atoms in total. The van der Waals surface area contributed by atoms with Gasteiger partial charge in [0.1, 0.15) is 0 Å². The molecule has 0 fully saturated rings. The number of nitrogens with zero attached hydrogens (tertiary/aromatic N) is 2. The number of hydrogen-bond acceptors (Lipinski definition) is 1. The molecular weight excluding hydrogens is 212 g/mol. The monoisotopic (exact) mass is 232 g/mol. The van der Waals surface area contributed by atoms with Gasteiger partial charge in [-0.2, -0.15) is 0 Å². The van der Waals surface area contributed by atoms with Crippen molar-refractivity contribution in [3.8, 4) is 0 Å². The molecule has 0 unspecified atom stereocenters. The van der Waals surface area contributed by atoms with Crippen LogP contribution >= 0.6 is 0 Å². The van der Waals surface area contributed by atoms with Crippen LogP contribution < -0.4 is 5.69 Å². The molecule has 2 rings (SSSR count). The van der Waals surface area contributed by atoms with E-state index in [0.29, 0.717) is 0 Å². The summed E-state index contributed by atoms with van der Waals surface area (Å²) in [4.78, 5) is 12.2. The summed E-state index contributed by atoms with van der Waals surface area (Å²) in [6.07, 6.45) is 8.41. The molecule has 0 bridgehead atoms. The van der Waals surface area contributed by atoms with Gasteiger partial charge >= 0.3 is 5.69 Å². The van der Waals surface area contributed by atoms with E-state index in [1.54, 1.807) is 4.57 Å². The van der Waals surface area contributed by atoms with Crippen molar-refractivity contribution in [2.45, 2.75) is 39.7 Å². The van der Waals surface area contributed by atoms with Crippen molar-refractivity contribution in [3.05, 3.63) is 33.5 Å². The highest BCUT2D eigenvalue weighted by Crippen LogP contribution is 2.23. The van der Waals surface area contributed by atoms with E-state index in [9.17, 15) is 4.79 Å². The van der Waals surface area contributed by atoms with E-state index in [4.69, 9.17) is 0 Å². The second-order valence-electron chi connectivity index (χ2n) is 4.84. The first-order chi connectivity index (χ1) is 8.06. The molecule has 1 aliphatic rings. The van der Waals surface area contributed by atoms with Crippen LogP contribution in [-0.4, -0.2) is 9.13 Å². The molecule has 0 N–H and O–H groups in total. The van der Waals surface area contributed by atoms with Crippen LogP contribution in [0.4, 0.5) is 0 Å². The summed E-state index contributed by atoms with van der Waals surface area (Å²) in [7, 11) is 1.85. The molecule has 0 saturated carbocycles. The van der Waals surface area contributed by atoms with Crippen LogP contribution in [0.3, 0.4) is 0 Å². The predicted octanol–water partition coefficient (Wildman–Crippen LogP) is 2.98. The molecule has 1 aromatic heterocycles. The third-order valence-electron chi connectivity index (χ3n) is 3.34. The fourth-order valence-electron chi connectivity index (χ4n) is 2.32. The smallest absolute Gasteiger partial charge is 0.295 e. The molecule has 17 heavy (non-hydrogen) atoms. The SMILES string of the molecule is CCC1=Cc2c(n(C(C)C)c(=O)n2C)C=CC1. The van der Waals surface area contributed by atoms with Crippen molar-refractivity contribution in [1.29, 1.82) is 0 Å². The van der Waals surface area contributed by atoms with Crippen LogP contribution in [0, 0.1) is 0 Å². The van der Waals surface area contributed by atoms with Crippen LogP contribution in [0.15, 0.2) is 16.4 Å². The highest BCUT2D eigenvalue weighted by molar-refractivity contribution is 5.65. The number of fused-ring (bicyclic) bond motifs is 1. The summed E-state index contributed by atoms with van der Waals surface area (Å²) in [6, 6.07) is 0.193. The first-order valence-electron chi connectivity index (χ1n) is 6.23. The average molecular weight is 232 g/mol. The molecule has 92 valence electrons. The van der Waals surface area contributed by atoms with E-state index in [-0.39, 0.29) is 11.7 Å². The molecule has 0 aliphatic heterocycles. The second kappa shape index (κ2) is 4.40. The van der Waals surface area contributed by atoms with Crippen LogP contribution in [0.5, 0.6) is 0 Å². The standard InChI is InChI=1S/C14H20N2O/c1-5-11-7-6-8-12-13(9-11)15(4)14(17)16(12)10(2)3/h6,8-10H,5,7H2,1-4H3. The van der Waals surface area contributed by atoms with Crippen molar-refractivity contribution in [2.24, 2.45) is 7.05 Å². The number of imidazole rings is 1. The number of hydrogen-bond donors (Lipinski definition) is 0. The van der Waals surface area contributed by atoms with Gasteiger partial charge in [-0.05, 0) is 38.8 Å². The van der Waals surface area contributed by atoms with E-state index < -0.39 is 0 Å². The van der Waals surface area contributed by atoms with E-state index in [1.165, 1.54) is 5.57 Å². The largest absolute Gasteiger partial charge is 0.329 e. The summed E-state index contributed by atoms with van der Waals surface area (Å²) in [5, 5.41) is 0. The molecule has 0 spiro atoms. The molecule has 0 saturated heterocycles. The fourth-order valence-corrected chi connectivity index (χ4v) is 2.32. The highest BCUT2D eigenvalue weighted by atomic mass is 16.1. The Labute approximate surface area is 102 Å². The Hall–Kier alpha value is -1.51. The minimum atomic E-state index is 0.0725. The Morgan fingerprint density at radius 2 is 2.06 bits per heavy atom. The zero-order valence-corrected chi connectivity index (χ0v) is 11.0. The van der Waals surface area contributed by atoms with Gasteiger partial charge in [-0.15, -0.1) is 0 Å². The Kier molecular flexibility index (Phi) is 3.09. The molecule has 1 aromatic rings. The molecule has 3 heteroatoms. The zero-order valence-electron chi connectivity index (χ0n) is 11.0. The van der Waals surface area contributed by atoms with Crippen LogP contribution in [0.2, 0.25) is 0 Å². The topological polar surface area (TPSA) is 26.9 Å². The number of aromatic nitrogens is 2. The quantitative estimate of drug-likeness (QED) is 0.770. The van der Waals surface area contributed by atoms with Crippen LogP contribution in [-0.2, 0) is 7.05 Å². The molecule has 1 aliphatic carbocycles. The Bertz CT molecular complexity index is 541. The first-order valence-corrected chi connectivity index (χ1v) is 6.23. The molecule has 0 radical (unpaired) electrons. The van der Waals surface area contributed by atoms with Gasteiger partial charge in [-0.1, -0.05) is 18.6 Å². The Balaban J connectivity index is 2.72. The third kappa shape index (κ3) is 1.90. The van der Waals surface area contributed by atoms with Crippen molar-refractivity contribution in [2.75, 3.05) is 0 Å². The highest BCUT2D eigenvalue weighted by Gasteiger charge is 2.17. The molecule has 0 aromatic carbocycles. The van der Waals surface area contributed by atoms with Gasteiger partial charge < -0.3 is 0 Å². The van der Waals surface area contributed by atoms with Gasteiger partial charge in [0, 0.05) is 13.1 Å². The molecule has 1 heterocycles. The lowest BCUT2D eigenvalue weighted by atomic mass is 10.1. The van der Waals surface area contributed by atoms with Gasteiger partial charge in [-0.25, -0.2) is 4.79 Å². The summed E-state index contributed by atoms with van der Waals surface area (Å²) in [6.45, 7) is 6.25. The predicted molar refractivity (Wildman–Crippen MR) is 72.0 cm³/mol. The van der Waals surface area contributed by atoms with Gasteiger partial charge in [0.15, 0.2) is 0 Å². The van der Waals surface area contributed by atoms with E-state index in [1.807, 2.05) is 25.5 Å². The Morgan fingerprint density at radius 1 is 1.35 bits per heavy atom. The van der Waals surface area contributed by atoms with Gasteiger partial charge in [0.2, 0.25) is 0 Å². The average Bonchev–Trinajstić information content (AvgIpc) is 2.46. The van der Waals surface area contributed by atoms with Crippen LogP contribution in [0.1, 0.15) is 51.0 Å². The minimum absolute atomic E-state index is 0.0725. The van der Waals surface area contributed by atoms with E-state index >= 15 is 0 Å². The maximum Gasteiger partial charge on any atom is 0.329 e. The normalized spacial score (nSPS) is 14.8. The van der Waals surface area contributed by atoms with E-state index in [2.05, 4.69) is 25.2 Å². The second-order valence-corrected chi connectivity index (χ2v) is 4.84. The number of rotatable bonds is 2. The third-order valence-corrected chi connectivity index (χ3v) is 3.34. The summed E-state index contributed by atoms with van der Waals surface area (Å²) >= 11 is 0. The Morgan fingerprint density at radius 3 is 2.65 bits per heavy atom. The maximum absolute atomic E-state index is 12.2. The first kappa shape index (κ1) is 12.0. The summed E-state index contributed by atoms with van der Waals surface area (Å²) in [5.41, 5.74) is 3.52. The van der Waals surface area contributed by atoms with Crippen LogP contribution in [0.25, 0.3) is 12.2 Å². The fraction of sp³-hybridized carbons (Fsp3) is 0.500. The van der Waals surface area contributed by atoms with Gasteiger partial charge in [-0.3, -0.25) is 9.13 Å². The van der Waals surface area contributed by atoms with Gasteiger partial charge in [0.05, 0.1) is 11.4 Å². The lowest BCUT2D eigenvalue weighted by molar-refractivity contribution is 0.564. The van der Waals surface area contributed by atoms with E-state index in [0.717, 1.165) is 24.2 Å². The molecule has 0 amide bonds. The minimum Gasteiger partial charge on any atom is -0.295 e.